The summed E-state index contributed by atoms with van der Waals surface area (Å²) in [6, 6.07) is 15.5. The third-order valence-corrected chi connectivity index (χ3v) is 4.17. The Morgan fingerprint density at radius 1 is 0.960 bits per heavy atom. The lowest BCUT2D eigenvalue weighted by Gasteiger charge is -2.14. The van der Waals surface area contributed by atoms with E-state index >= 15 is 0 Å². The molecule has 0 radical (unpaired) electrons. The number of rotatable bonds is 1. The van der Waals surface area contributed by atoms with Crippen molar-refractivity contribution in [1.29, 1.82) is 0 Å². The van der Waals surface area contributed by atoms with Gasteiger partial charge in [0.2, 0.25) is 0 Å². The van der Waals surface area contributed by atoms with Crippen molar-refractivity contribution in [2.45, 2.75) is 33.4 Å². The zero-order valence-corrected chi connectivity index (χ0v) is 14.2. The number of carbonyl (C=O) groups is 1. The average Bonchev–Trinajstić information content (AvgIpc) is 2.55. The molecule has 132 valence electrons. The van der Waals surface area contributed by atoms with Crippen molar-refractivity contribution in [3.63, 3.8) is 0 Å². The van der Waals surface area contributed by atoms with E-state index in [2.05, 4.69) is 63.2 Å². The first kappa shape index (κ1) is 18.8. The molecule has 0 aliphatic heterocycles. The van der Waals surface area contributed by atoms with E-state index < -0.39 is 12.1 Å². The Bertz CT molecular complexity index is 928. The van der Waals surface area contributed by atoms with Gasteiger partial charge in [-0.25, -0.2) is 4.79 Å². The lowest BCUT2D eigenvalue weighted by atomic mass is 9.90. The standard InChI is InChI=1S/C18H18.C2HF3O2/c1-4-14-13(3)15-7-5-6-8-16(15)17-10-9-12(2)11-18(14)17;3-2(4,5)1(6)7/h5-11H,4H2,1-3H3;(H,6,7). The molecule has 3 aromatic rings. The summed E-state index contributed by atoms with van der Waals surface area (Å²) in [5, 5.41) is 12.7. The lowest BCUT2D eigenvalue weighted by molar-refractivity contribution is -0.192. The van der Waals surface area contributed by atoms with Crippen LogP contribution in [0.5, 0.6) is 0 Å². The van der Waals surface area contributed by atoms with E-state index in [-0.39, 0.29) is 0 Å². The minimum absolute atomic E-state index is 1.09. The summed E-state index contributed by atoms with van der Waals surface area (Å²) in [5.41, 5.74) is 4.27. The van der Waals surface area contributed by atoms with Crippen molar-refractivity contribution >= 4 is 27.5 Å². The third-order valence-electron chi connectivity index (χ3n) is 4.17. The molecule has 0 unspecified atom stereocenters. The van der Waals surface area contributed by atoms with Crippen LogP contribution in [-0.4, -0.2) is 17.3 Å². The number of hydrogen-bond acceptors (Lipinski definition) is 1. The molecule has 0 bridgehead atoms. The number of alkyl halides is 3. The largest absolute Gasteiger partial charge is 0.490 e. The molecule has 0 spiro atoms. The highest BCUT2D eigenvalue weighted by molar-refractivity contribution is 6.10. The molecule has 25 heavy (non-hydrogen) atoms. The monoisotopic (exact) mass is 348 g/mol. The maximum absolute atomic E-state index is 10.6. The summed E-state index contributed by atoms with van der Waals surface area (Å²) in [6.07, 6.45) is -3.99. The molecule has 0 aromatic heterocycles. The Balaban J connectivity index is 0.000000277. The molecule has 1 N–H and O–H groups in total. The second-order valence-corrected chi connectivity index (χ2v) is 5.85. The summed E-state index contributed by atoms with van der Waals surface area (Å²) in [4.78, 5) is 8.90. The molecule has 0 saturated carbocycles. The van der Waals surface area contributed by atoms with Crippen molar-refractivity contribution < 1.29 is 23.1 Å². The maximum Gasteiger partial charge on any atom is 0.490 e. The van der Waals surface area contributed by atoms with Crippen LogP contribution in [0.15, 0.2) is 42.5 Å². The summed E-state index contributed by atoms with van der Waals surface area (Å²) < 4.78 is 31.7. The second-order valence-electron chi connectivity index (χ2n) is 5.85. The van der Waals surface area contributed by atoms with Crippen molar-refractivity contribution in [2.75, 3.05) is 0 Å². The van der Waals surface area contributed by atoms with Gasteiger partial charge >= 0.3 is 12.1 Å². The number of fused-ring (bicyclic) bond motifs is 3. The summed E-state index contributed by atoms with van der Waals surface area (Å²) in [5.74, 6) is -2.76. The summed E-state index contributed by atoms with van der Waals surface area (Å²) >= 11 is 0. The number of aryl methyl sites for hydroxylation is 3. The molecule has 0 atom stereocenters. The molecule has 0 fully saturated rings. The zero-order valence-electron chi connectivity index (χ0n) is 14.2. The lowest BCUT2D eigenvalue weighted by Crippen LogP contribution is -2.21. The molecule has 0 amide bonds. The van der Waals surface area contributed by atoms with E-state index in [1.807, 2.05) is 0 Å². The van der Waals surface area contributed by atoms with Gasteiger partial charge in [-0.1, -0.05) is 55.0 Å². The van der Waals surface area contributed by atoms with Crippen LogP contribution in [0.1, 0.15) is 23.6 Å². The van der Waals surface area contributed by atoms with Gasteiger partial charge in [0.15, 0.2) is 0 Å². The number of aliphatic carboxylic acids is 1. The first-order valence-electron chi connectivity index (χ1n) is 7.87. The van der Waals surface area contributed by atoms with Gasteiger partial charge in [0.1, 0.15) is 0 Å². The molecule has 0 heterocycles. The van der Waals surface area contributed by atoms with E-state index in [1.54, 1.807) is 0 Å². The van der Waals surface area contributed by atoms with Crippen LogP contribution < -0.4 is 0 Å². The van der Waals surface area contributed by atoms with Crippen LogP contribution in [0.4, 0.5) is 13.2 Å². The Morgan fingerprint density at radius 3 is 2.00 bits per heavy atom. The van der Waals surface area contributed by atoms with E-state index in [0.717, 1.165) is 6.42 Å². The van der Waals surface area contributed by atoms with Gasteiger partial charge in [0, 0.05) is 0 Å². The van der Waals surface area contributed by atoms with E-state index in [0.29, 0.717) is 0 Å². The van der Waals surface area contributed by atoms with Gasteiger partial charge < -0.3 is 5.11 Å². The number of halogens is 3. The quantitative estimate of drug-likeness (QED) is 0.564. The number of carboxylic acid groups (broad SMARTS) is 1. The van der Waals surface area contributed by atoms with Crippen molar-refractivity contribution in [2.24, 2.45) is 0 Å². The van der Waals surface area contributed by atoms with Crippen LogP contribution in [0.3, 0.4) is 0 Å². The first-order chi connectivity index (χ1) is 11.7. The number of hydrogen-bond donors (Lipinski definition) is 1. The molecule has 0 aliphatic carbocycles. The fourth-order valence-corrected chi connectivity index (χ4v) is 3.01. The zero-order chi connectivity index (χ0) is 18.8. The SMILES string of the molecule is CCc1c(C)c2ccccc2c2ccc(C)cc12.O=C(O)C(F)(F)F. The molecular weight excluding hydrogens is 329 g/mol. The van der Waals surface area contributed by atoms with Gasteiger partial charge in [-0.15, -0.1) is 0 Å². The Hall–Kier alpha value is -2.56. The topological polar surface area (TPSA) is 37.3 Å². The third kappa shape index (κ3) is 3.92. The van der Waals surface area contributed by atoms with Crippen LogP contribution in [0, 0.1) is 13.8 Å². The fourth-order valence-electron chi connectivity index (χ4n) is 3.01. The predicted molar refractivity (Wildman–Crippen MR) is 94.0 cm³/mol. The molecule has 3 aromatic carbocycles. The van der Waals surface area contributed by atoms with Gasteiger partial charge in [0.25, 0.3) is 0 Å². The Kier molecular flexibility index (Phi) is 5.36. The molecule has 2 nitrogen and oxygen atoms in total. The summed E-state index contributed by atoms with van der Waals surface area (Å²) in [7, 11) is 0. The van der Waals surface area contributed by atoms with Gasteiger partial charge in [-0.05, 0) is 52.9 Å². The fraction of sp³-hybridized carbons (Fsp3) is 0.250. The highest BCUT2D eigenvalue weighted by atomic mass is 19.4. The minimum Gasteiger partial charge on any atom is -0.475 e. The highest BCUT2D eigenvalue weighted by Crippen LogP contribution is 2.33. The van der Waals surface area contributed by atoms with Gasteiger partial charge in [-0.2, -0.15) is 13.2 Å². The van der Waals surface area contributed by atoms with Crippen LogP contribution in [-0.2, 0) is 11.2 Å². The maximum atomic E-state index is 10.6. The average molecular weight is 348 g/mol. The van der Waals surface area contributed by atoms with Gasteiger partial charge in [-0.3, -0.25) is 0 Å². The number of benzene rings is 3. The Labute approximate surface area is 143 Å². The smallest absolute Gasteiger partial charge is 0.475 e. The van der Waals surface area contributed by atoms with Crippen LogP contribution >= 0.6 is 0 Å². The van der Waals surface area contributed by atoms with E-state index in [1.165, 1.54) is 38.2 Å². The molecule has 3 rings (SSSR count). The normalized spacial score (nSPS) is 11.3. The van der Waals surface area contributed by atoms with Crippen molar-refractivity contribution in [3.05, 3.63) is 59.2 Å². The number of carboxylic acids is 1. The van der Waals surface area contributed by atoms with E-state index in [9.17, 15) is 13.2 Å². The highest BCUT2D eigenvalue weighted by Gasteiger charge is 2.38. The first-order valence-corrected chi connectivity index (χ1v) is 7.87. The van der Waals surface area contributed by atoms with Gasteiger partial charge in [0.05, 0.1) is 0 Å². The van der Waals surface area contributed by atoms with Crippen LogP contribution in [0.2, 0.25) is 0 Å². The van der Waals surface area contributed by atoms with Crippen LogP contribution in [0.25, 0.3) is 21.5 Å². The molecule has 0 saturated heterocycles. The minimum atomic E-state index is -5.08. The predicted octanol–water partition coefficient (Wildman–Crippen LogP) is 5.81. The molecule has 0 aliphatic rings. The molecule has 5 heteroatoms. The second kappa shape index (κ2) is 7.13. The summed E-state index contributed by atoms with van der Waals surface area (Å²) in [6.45, 7) is 6.67. The van der Waals surface area contributed by atoms with Crippen molar-refractivity contribution in [3.8, 4) is 0 Å². The van der Waals surface area contributed by atoms with Crippen molar-refractivity contribution in [1.82, 2.24) is 0 Å². The molecular formula is C20H19F3O2. The Morgan fingerprint density at radius 2 is 1.48 bits per heavy atom. The van der Waals surface area contributed by atoms with E-state index in [4.69, 9.17) is 9.90 Å².